The highest BCUT2D eigenvalue weighted by Crippen LogP contribution is 2.22. The minimum atomic E-state index is -1.16. The highest BCUT2D eigenvalue weighted by Gasteiger charge is 2.28. The number of amides is 2. The number of hydrogen-bond acceptors (Lipinski definition) is 8. The number of rotatable bonds is 8. The monoisotopic (exact) mass is 456 g/mol. The van der Waals surface area contributed by atoms with Gasteiger partial charge in [-0.25, -0.2) is 9.69 Å². The van der Waals surface area contributed by atoms with Gasteiger partial charge in [-0.2, -0.15) is 0 Å². The maximum atomic E-state index is 13.1. The fourth-order valence-corrected chi connectivity index (χ4v) is 2.91. The van der Waals surface area contributed by atoms with Crippen molar-refractivity contribution >= 4 is 23.7 Å². The molecule has 2 amide bonds. The fraction of sp³-hybridized carbons (Fsp3) is 0.333. The molecule has 0 saturated heterocycles. The molecule has 2 aromatic carbocycles. The number of carbonyl (C=O) groups is 3. The van der Waals surface area contributed by atoms with Gasteiger partial charge in [-0.1, -0.05) is 41.6 Å². The van der Waals surface area contributed by atoms with Gasteiger partial charge < -0.3 is 19.0 Å². The first kappa shape index (κ1) is 25.4. The van der Waals surface area contributed by atoms with Crippen molar-refractivity contribution in [1.82, 2.24) is 4.90 Å². The number of likely N-dealkylation sites (N-methyl/N-ethyl adjacent to an activating group) is 1. The molecule has 176 valence electrons. The van der Waals surface area contributed by atoms with Crippen LogP contribution in [0.25, 0.3) is 0 Å². The average Bonchev–Trinajstić information content (AvgIpc) is 2.76. The second-order valence-electron chi connectivity index (χ2n) is 7.26. The van der Waals surface area contributed by atoms with Gasteiger partial charge in [0.15, 0.2) is 5.71 Å². The second-order valence-corrected chi connectivity index (χ2v) is 7.26. The lowest BCUT2D eigenvalue weighted by atomic mass is 10.0. The summed E-state index contributed by atoms with van der Waals surface area (Å²) in [5.41, 5.74) is 3.02. The van der Waals surface area contributed by atoms with Crippen molar-refractivity contribution in [1.29, 1.82) is 0 Å². The molecular weight excluding hydrogens is 428 g/mol. The second kappa shape index (κ2) is 11.7. The minimum Gasteiger partial charge on any atom is -0.489 e. The van der Waals surface area contributed by atoms with Gasteiger partial charge in [-0.3, -0.25) is 9.59 Å². The molecule has 0 bridgehead atoms. The van der Waals surface area contributed by atoms with Crippen molar-refractivity contribution in [3.8, 4) is 5.75 Å². The van der Waals surface area contributed by atoms with E-state index >= 15 is 0 Å². The minimum absolute atomic E-state index is 0.114. The zero-order chi connectivity index (χ0) is 24.5. The lowest BCUT2D eigenvalue weighted by molar-refractivity contribution is -0.163. The van der Waals surface area contributed by atoms with Crippen molar-refractivity contribution in [2.24, 2.45) is 5.16 Å². The third kappa shape index (κ3) is 7.06. The van der Waals surface area contributed by atoms with E-state index in [1.54, 1.807) is 24.3 Å². The number of hydrogen-bond donors (Lipinski definition) is 0. The zero-order valence-corrected chi connectivity index (χ0v) is 19.6. The van der Waals surface area contributed by atoms with E-state index < -0.39 is 24.3 Å². The number of oxime groups is 1. The first-order valence-corrected chi connectivity index (χ1v) is 10.2. The molecule has 0 spiro atoms. The van der Waals surface area contributed by atoms with Crippen LogP contribution in [0.2, 0.25) is 0 Å². The summed E-state index contributed by atoms with van der Waals surface area (Å²) in [5.74, 6) is -0.665. The van der Waals surface area contributed by atoms with Crippen LogP contribution in [0.5, 0.6) is 5.75 Å². The van der Waals surface area contributed by atoms with E-state index in [0.29, 0.717) is 11.1 Å². The molecule has 0 N–H and O–H groups in total. The third-order valence-electron chi connectivity index (χ3n) is 4.56. The number of aryl methyl sites for hydroxylation is 2. The number of benzene rings is 2. The van der Waals surface area contributed by atoms with E-state index in [-0.39, 0.29) is 12.3 Å². The lowest BCUT2D eigenvalue weighted by Crippen LogP contribution is -2.41. The summed E-state index contributed by atoms with van der Waals surface area (Å²) >= 11 is 0. The van der Waals surface area contributed by atoms with Crippen LogP contribution >= 0.6 is 0 Å². The predicted octanol–water partition coefficient (Wildman–Crippen LogP) is 3.74. The van der Waals surface area contributed by atoms with Crippen molar-refractivity contribution in [3.63, 3.8) is 0 Å². The van der Waals surface area contributed by atoms with Crippen LogP contribution in [0.1, 0.15) is 36.1 Å². The van der Waals surface area contributed by atoms with E-state index in [0.717, 1.165) is 21.8 Å². The van der Waals surface area contributed by atoms with Crippen LogP contribution in [0.15, 0.2) is 47.6 Å². The van der Waals surface area contributed by atoms with Gasteiger partial charge >= 0.3 is 12.1 Å². The normalized spacial score (nSPS) is 11.9. The lowest BCUT2D eigenvalue weighted by Gasteiger charge is -2.20. The van der Waals surface area contributed by atoms with Gasteiger partial charge in [-0.05, 0) is 36.6 Å². The van der Waals surface area contributed by atoms with Crippen LogP contribution in [-0.2, 0) is 30.5 Å². The quantitative estimate of drug-likeness (QED) is 0.258. The van der Waals surface area contributed by atoms with Gasteiger partial charge in [0, 0.05) is 26.5 Å². The first-order chi connectivity index (χ1) is 15.6. The number of ether oxygens (including phenoxy) is 3. The summed E-state index contributed by atoms with van der Waals surface area (Å²) in [6.45, 7) is 6.62. The van der Waals surface area contributed by atoms with Gasteiger partial charge in [0.2, 0.25) is 6.29 Å². The van der Waals surface area contributed by atoms with E-state index in [2.05, 4.69) is 5.16 Å². The number of imide groups is 1. The smallest absolute Gasteiger partial charge is 0.419 e. The molecule has 0 saturated carbocycles. The molecule has 0 aliphatic carbocycles. The molecule has 0 heterocycles. The summed E-state index contributed by atoms with van der Waals surface area (Å²) in [5, 5.41) is 3.85. The van der Waals surface area contributed by atoms with Crippen LogP contribution in [0.4, 0.5) is 4.79 Å². The van der Waals surface area contributed by atoms with Gasteiger partial charge in [0.1, 0.15) is 19.5 Å². The Morgan fingerprint density at radius 3 is 2.42 bits per heavy atom. The maximum absolute atomic E-state index is 13.1. The SMILES string of the molecule is CO/N=C(\C(=O)N(C)C(=O)OC(C)OC(C)=O)c1ccccc1COc1cc(C)ccc1C. The van der Waals surface area contributed by atoms with Gasteiger partial charge in [0.05, 0.1) is 0 Å². The molecule has 0 aromatic heterocycles. The standard InChI is InChI=1S/C24H28N2O7/c1-15-11-12-16(2)21(13-15)31-14-19-9-7-8-10-20(19)22(25-30-6)23(28)26(5)24(29)33-18(4)32-17(3)27/h7-13,18H,14H2,1-6H3/b25-22-. The molecule has 0 aliphatic rings. The summed E-state index contributed by atoms with van der Waals surface area (Å²) < 4.78 is 15.7. The third-order valence-corrected chi connectivity index (χ3v) is 4.56. The topological polar surface area (TPSA) is 104 Å². The van der Waals surface area contributed by atoms with Gasteiger partial charge in [-0.15, -0.1) is 0 Å². The molecule has 0 fully saturated rings. The highest BCUT2D eigenvalue weighted by molar-refractivity contribution is 6.47. The van der Waals surface area contributed by atoms with E-state index in [9.17, 15) is 14.4 Å². The first-order valence-electron chi connectivity index (χ1n) is 10.2. The summed E-state index contributed by atoms with van der Waals surface area (Å²) in [7, 11) is 2.52. The molecule has 1 atom stereocenters. The Labute approximate surface area is 192 Å². The molecule has 9 heteroatoms. The Morgan fingerprint density at radius 2 is 1.76 bits per heavy atom. The number of carbonyl (C=O) groups excluding carboxylic acids is 3. The van der Waals surface area contributed by atoms with E-state index in [1.807, 2.05) is 32.0 Å². The van der Waals surface area contributed by atoms with Crippen LogP contribution in [-0.4, -0.2) is 49.0 Å². The van der Waals surface area contributed by atoms with Crippen LogP contribution in [0.3, 0.4) is 0 Å². The van der Waals surface area contributed by atoms with E-state index in [4.69, 9.17) is 19.0 Å². The average molecular weight is 456 g/mol. The maximum Gasteiger partial charge on any atom is 0.419 e. The molecule has 0 radical (unpaired) electrons. The molecule has 1 unspecified atom stereocenters. The Bertz CT molecular complexity index is 1050. The Morgan fingerprint density at radius 1 is 1.06 bits per heavy atom. The predicted molar refractivity (Wildman–Crippen MR) is 121 cm³/mol. The van der Waals surface area contributed by atoms with Gasteiger partial charge in [0.25, 0.3) is 5.91 Å². The number of esters is 1. The summed E-state index contributed by atoms with van der Waals surface area (Å²) in [6.07, 6.45) is -2.17. The van der Waals surface area contributed by atoms with E-state index in [1.165, 1.54) is 28.0 Å². The molecule has 2 aromatic rings. The largest absolute Gasteiger partial charge is 0.489 e. The molecular formula is C24H28N2O7. The Kier molecular flexibility index (Phi) is 8.97. The van der Waals surface area contributed by atoms with Crippen LogP contribution < -0.4 is 4.74 Å². The molecule has 33 heavy (non-hydrogen) atoms. The molecule has 9 nitrogen and oxygen atoms in total. The number of nitrogens with zero attached hydrogens (tertiary/aromatic N) is 2. The van der Waals surface area contributed by atoms with Crippen molar-refractivity contribution in [2.45, 2.75) is 40.6 Å². The van der Waals surface area contributed by atoms with Crippen molar-refractivity contribution in [3.05, 3.63) is 64.7 Å². The Hall–Kier alpha value is -3.88. The molecule has 0 aliphatic heterocycles. The molecule has 2 rings (SSSR count). The van der Waals surface area contributed by atoms with Crippen molar-refractivity contribution in [2.75, 3.05) is 14.2 Å². The zero-order valence-electron chi connectivity index (χ0n) is 19.6. The summed E-state index contributed by atoms with van der Waals surface area (Å²) in [4.78, 5) is 42.0. The van der Waals surface area contributed by atoms with Crippen molar-refractivity contribution < 1.29 is 33.4 Å². The Balaban J connectivity index is 2.25. The van der Waals surface area contributed by atoms with Crippen LogP contribution in [0, 0.1) is 13.8 Å². The fourth-order valence-electron chi connectivity index (χ4n) is 2.91. The highest BCUT2D eigenvalue weighted by atomic mass is 16.7. The summed E-state index contributed by atoms with van der Waals surface area (Å²) in [6, 6.07) is 12.9.